The predicted octanol–water partition coefficient (Wildman–Crippen LogP) is 1.23. The van der Waals surface area contributed by atoms with Crippen molar-refractivity contribution in [3.8, 4) is 0 Å². The molecule has 7 heteroatoms. The number of hydrogen-bond acceptors (Lipinski definition) is 4. The molecule has 0 saturated carbocycles. The van der Waals surface area contributed by atoms with E-state index in [-0.39, 0.29) is 30.3 Å². The molecule has 2 amide bonds. The number of amides is 2. The molecule has 0 aromatic heterocycles. The summed E-state index contributed by atoms with van der Waals surface area (Å²) in [6.07, 6.45) is 2.45. The first-order valence-corrected chi connectivity index (χ1v) is 8.21. The second-order valence-corrected chi connectivity index (χ2v) is 5.67. The number of carbonyl (C=O) groups excluding carboxylic acids is 2. The number of nitrogens with one attached hydrogen (secondary N) is 2. The van der Waals surface area contributed by atoms with Crippen molar-refractivity contribution in [1.29, 1.82) is 0 Å². The highest BCUT2D eigenvalue weighted by atomic mass is 35.5. The van der Waals surface area contributed by atoms with Gasteiger partial charge in [0.1, 0.15) is 6.04 Å². The molecule has 1 aliphatic heterocycles. The van der Waals surface area contributed by atoms with Crippen LogP contribution in [0.5, 0.6) is 0 Å². The van der Waals surface area contributed by atoms with Crippen LogP contribution in [0.15, 0.2) is 0 Å². The Labute approximate surface area is 132 Å². The van der Waals surface area contributed by atoms with Crippen LogP contribution in [-0.2, 0) is 9.59 Å². The first-order valence-electron chi connectivity index (χ1n) is 7.06. The Morgan fingerprint density at radius 1 is 1.20 bits per heavy atom. The van der Waals surface area contributed by atoms with Gasteiger partial charge in [-0.2, -0.15) is 0 Å². The maximum atomic E-state index is 12.1. The third-order valence-electron chi connectivity index (χ3n) is 3.00. The summed E-state index contributed by atoms with van der Waals surface area (Å²) in [5.74, 6) is 1.43. The molecule has 0 bridgehead atoms. The number of rotatable bonds is 8. The first kappa shape index (κ1) is 19.5. The zero-order chi connectivity index (χ0) is 14.1. The molecule has 1 fully saturated rings. The van der Waals surface area contributed by atoms with E-state index in [9.17, 15) is 9.59 Å². The zero-order valence-corrected chi connectivity index (χ0v) is 13.9. The molecule has 1 unspecified atom stereocenters. The van der Waals surface area contributed by atoms with E-state index in [1.807, 2.05) is 6.92 Å². The summed E-state index contributed by atoms with van der Waals surface area (Å²) >= 11 is 1.65. The van der Waals surface area contributed by atoms with Gasteiger partial charge in [-0.25, -0.2) is 0 Å². The molecule has 1 heterocycles. The second-order valence-electron chi connectivity index (χ2n) is 4.67. The monoisotopic (exact) mass is 323 g/mol. The van der Waals surface area contributed by atoms with Gasteiger partial charge in [0.15, 0.2) is 0 Å². The normalized spacial score (nSPS) is 17.7. The Kier molecular flexibility index (Phi) is 11.0. The van der Waals surface area contributed by atoms with Crippen molar-refractivity contribution in [1.82, 2.24) is 15.5 Å². The number of carbonyl (C=O) groups is 2. The van der Waals surface area contributed by atoms with E-state index in [1.165, 1.54) is 0 Å². The molecule has 2 N–H and O–H groups in total. The molecule has 1 aliphatic rings. The molecule has 1 atom stereocenters. The number of halogens is 1. The first-order chi connectivity index (χ1) is 9.20. The maximum absolute atomic E-state index is 12.1. The summed E-state index contributed by atoms with van der Waals surface area (Å²) in [5.41, 5.74) is 0. The van der Waals surface area contributed by atoms with E-state index in [0.717, 1.165) is 25.9 Å². The van der Waals surface area contributed by atoms with Gasteiger partial charge in [0, 0.05) is 25.3 Å². The standard InChI is InChI=1S/C13H25N3O2S.ClH/c1-3-5-12(17)16-10-19-9-11(16)13(18)15-8-7-14-6-4-2;/h11,14H,3-10H2,1-2H3,(H,15,18);1H. The summed E-state index contributed by atoms with van der Waals surface area (Å²) in [7, 11) is 0. The maximum Gasteiger partial charge on any atom is 0.243 e. The Morgan fingerprint density at radius 2 is 1.95 bits per heavy atom. The molecule has 1 rings (SSSR count). The average Bonchev–Trinajstić information content (AvgIpc) is 2.88. The van der Waals surface area contributed by atoms with Crippen molar-refractivity contribution < 1.29 is 9.59 Å². The lowest BCUT2D eigenvalue weighted by atomic mass is 10.2. The molecular weight excluding hydrogens is 298 g/mol. The Balaban J connectivity index is 0.00000361. The van der Waals surface area contributed by atoms with Crippen molar-refractivity contribution >= 4 is 36.0 Å². The SMILES string of the molecule is CCCNCCNC(=O)C1CSCN1C(=O)CCC.Cl. The lowest BCUT2D eigenvalue weighted by Crippen LogP contribution is -2.48. The van der Waals surface area contributed by atoms with Gasteiger partial charge >= 0.3 is 0 Å². The summed E-state index contributed by atoms with van der Waals surface area (Å²) in [4.78, 5) is 25.7. The zero-order valence-electron chi connectivity index (χ0n) is 12.3. The molecule has 0 aliphatic carbocycles. The molecular formula is C13H26ClN3O2S. The van der Waals surface area contributed by atoms with Crippen LogP contribution in [0.1, 0.15) is 33.1 Å². The Bertz CT molecular complexity index is 305. The average molecular weight is 324 g/mol. The predicted molar refractivity (Wildman–Crippen MR) is 86.3 cm³/mol. The van der Waals surface area contributed by atoms with Crippen molar-refractivity contribution in [2.24, 2.45) is 0 Å². The summed E-state index contributed by atoms with van der Waals surface area (Å²) in [6, 6.07) is -0.282. The highest BCUT2D eigenvalue weighted by Gasteiger charge is 2.33. The lowest BCUT2D eigenvalue weighted by Gasteiger charge is -2.23. The minimum Gasteiger partial charge on any atom is -0.353 e. The van der Waals surface area contributed by atoms with Crippen LogP contribution in [0.25, 0.3) is 0 Å². The van der Waals surface area contributed by atoms with Crippen LogP contribution in [0.3, 0.4) is 0 Å². The van der Waals surface area contributed by atoms with Gasteiger partial charge in [0.05, 0.1) is 5.88 Å². The van der Waals surface area contributed by atoms with Gasteiger partial charge in [-0.15, -0.1) is 24.2 Å². The summed E-state index contributed by atoms with van der Waals surface area (Å²) in [5, 5.41) is 6.14. The van der Waals surface area contributed by atoms with Crippen LogP contribution in [0, 0.1) is 0 Å². The van der Waals surface area contributed by atoms with E-state index < -0.39 is 0 Å². The van der Waals surface area contributed by atoms with E-state index in [0.29, 0.717) is 24.6 Å². The van der Waals surface area contributed by atoms with E-state index in [4.69, 9.17) is 0 Å². The fourth-order valence-corrected chi connectivity index (χ4v) is 3.14. The summed E-state index contributed by atoms with van der Waals surface area (Å²) in [6.45, 7) is 6.46. The fraction of sp³-hybridized carbons (Fsp3) is 0.846. The van der Waals surface area contributed by atoms with Gasteiger partial charge < -0.3 is 15.5 Å². The third kappa shape index (κ3) is 6.33. The lowest BCUT2D eigenvalue weighted by molar-refractivity contribution is -0.138. The Hall–Kier alpha value is -0.460. The largest absolute Gasteiger partial charge is 0.353 e. The minimum atomic E-state index is -0.282. The Morgan fingerprint density at radius 3 is 2.60 bits per heavy atom. The highest BCUT2D eigenvalue weighted by molar-refractivity contribution is 7.99. The van der Waals surface area contributed by atoms with Crippen molar-refractivity contribution in [2.45, 2.75) is 39.2 Å². The molecule has 0 spiro atoms. The van der Waals surface area contributed by atoms with Gasteiger partial charge in [-0.05, 0) is 19.4 Å². The van der Waals surface area contributed by atoms with Crippen molar-refractivity contribution in [3.05, 3.63) is 0 Å². The number of hydrogen-bond donors (Lipinski definition) is 2. The van der Waals surface area contributed by atoms with Crippen LogP contribution in [0.2, 0.25) is 0 Å². The summed E-state index contributed by atoms with van der Waals surface area (Å²) < 4.78 is 0. The molecule has 20 heavy (non-hydrogen) atoms. The number of thioether (sulfide) groups is 1. The molecule has 1 saturated heterocycles. The highest BCUT2D eigenvalue weighted by Crippen LogP contribution is 2.22. The molecule has 0 aromatic rings. The van der Waals surface area contributed by atoms with E-state index in [1.54, 1.807) is 16.7 Å². The molecule has 0 aromatic carbocycles. The minimum absolute atomic E-state index is 0. The van der Waals surface area contributed by atoms with Gasteiger partial charge in [-0.3, -0.25) is 9.59 Å². The topological polar surface area (TPSA) is 61.4 Å². The fourth-order valence-electron chi connectivity index (χ4n) is 1.96. The van der Waals surface area contributed by atoms with E-state index in [2.05, 4.69) is 17.6 Å². The van der Waals surface area contributed by atoms with Crippen LogP contribution < -0.4 is 10.6 Å². The van der Waals surface area contributed by atoms with Crippen molar-refractivity contribution in [2.75, 3.05) is 31.3 Å². The number of nitrogens with zero attached hydrogens (tertiary/aromatic N) is 1. The van der Waals surface area contributed by atoms with Crippen LogP contribution in [-0.4, -0.2) is 54.0 Å². The second kappa shape index (κ2) is 11.2. The smallest absolute Gasteiger partial charge is 0.243 e. The molecule has 0 radical (unpaired) electrons. The van der Waals surface area contributed by atoms with Crippen LogP contribution >= 0.6 is 24.2 Å². The molecule has 5 nitrogen and oxygen atoms in total. The van der Waals surface area contributed by atoms with E-state index >= 15 is 0 Å². The van der Waals surface area contributed by atoms with Gasteiger partial charge in [0.2, 0.25) is 11.8 Å². The van der Waals surface area contributed by atoms with Crippen LogP contribution in [0.4, 0.5) is 0 Å². The third-order valence-corrected chi connectivity index (χ3v) is 4.01. The van der Waals surface area contributed by atoms with Gasteiger partial charge in [-0.1, -0.05) is 13.8 Å². The quantitative estimate of drug-likeness (QED) is 0.660. The van der Waals surface area contributed by atoms with Gasteiger partial charge in [0.25, 0.3) is 0 Å². The van der Waals surface area contributed by atoms with Crippen molar-refractivity contribution in [3.63, 3.8) is 0 Å². The molecule has 118 valence electrons.